The lowest BCUT2D eigenvalue weighted by Gasteiger charge is -2.19. The fourth-order valence-corrected chi connectivity index (χ4v) is 2.65. The summed E-state index contributed by atoms with van der Waals surface area (Å²) in [5.74, 6) is 6.59. The summed E-state index contributed by atoms with van der Waals surface area (Å²) in [6, 6.07) is 13.7. The van der Waals surface area contributed by atoms with Crippen molar-refractivity contribution in [1.29, 1.82) is 0 Å². The molecule has 1 unspecified atom stereocenters. The predicted molar refractivity (Wildman–Crippen MR) is 87.6 cm³/mol. The maximum atomic E-state index is 6.15. The molecular formula is C17H21ClN2O. The van der Waals surface area contributed by atoms with Crippen LogP contribution in [0.2, 0.25) is 5.02 Å². The average Bonchev–Trinajstić information content (AvgIpc) is 2.38. The summed E-state index contributed by atoms with van der Waals surface area (Å²) >= 11 is 6.15. The Kier molecular flexibility index (Phi) is 5.23. The molecule has 4 heteroatoms. The second-order valence-corrected chi connectivity index (χ2v) is 5.84. The maximum Gasteiger partial charge on any atom is 0.120 e. The van der Waals surface area contributed by atoms with Crippen LogP contribution in [0.5, 0.6) is 5.75 Å². The van der Waals surface area contributed by atoms with E-state index in [-0.39, 0.29) is 12.1 Å². The van der Waals surface area contributed by atoms with Gasteiger partial charge in [-0.3, -0.25) is 5.84 Å². The molecular weight excluding hydrogens is 284 g/mol. The van der Waals surface area contributed by atoms with Crippen LogP contribution < -0.4 is 16.0 Å². The van der Waals surface area contributed by atoms with E-state index in [4.69, 9.17) is 22.2 Å². The Morgan fingerprint density at radius 1 is 1.10 bits per heavy atom. The van der Waals surface area contributed by atoms with E-state index >= 15 is 0 Å². The van der Waals surface area contributed by atoms with E-state index in [2.05, 4.69) is 11.5 Å². The highest BCUT2D eigenvalue weighted by atomic mass is 35.5. The number of aryl methyl sites for hydroxylation is 1. The molecule has 3 N–H and O–H groups in total. The average molecular weight is 305 g/mol. The molecule has 21 heavy (non-hydrogen) atoms. The third-order valence-electron chi connectivity index (χ3n) is 3.13. The van der Waals surface area contributed by atoms with Crippen LogP contribution >= 0.6 is 11.6 Å². The van der Waals surface area contributed by atoms with Gasteiger partial charge in [-0.15, -0.1) is 0 Å². The van der Waals surface area contributed by atoms with Gasteiger partial charge in [0.1, 0.15) is 5.75 Å². The maximum absolute atomic E-state index is 6.15. The van der Waals surface area contributed by atoms with Crippen molar-refractivity contribution in [2.24, 2.45) is 5.84 Å². The standard InChI is InChI=1S/C17H21ClN2O/c1-11(2)21-16-6-4-5-13(10-16)17(20-19)14-7-12(3)8-15(18)9-14/h4-11,17,20H,19H2,1-3H3. The quantitative estimate of drug-likeness (QED) is 0.648. The van der Waals surface area contributed by atoms with E-state index in [0.29, 0.717) is 5.02 Å². The van der Waals surface area contributed by atoms with Crippen molar-refractivity contribution in [2.45, 2.75) is 32.9 Å². The number of halogens is 1. The van der Waals surface area contributed by atoms with E-state index in [0.717, 1.165) is 22.4 Å². The van der Waals surface area contributed by atoms with Gasteiger partial charge in [0.15, 0.2) is 0 Å². The van der Waals surface area contributed by atoms with Gasteiger partial charge in [-0.25, -0.2) is 5.43 Å². The van der Waals surface area contributed by atoms with Crippen LogP contribution in [0.25, 0.3) is 0 Å². The lowest BCUT2D eigenvalue weighted by molar-refractivity contribution is 0.242. The smallest absolute Gasteiger partial charge is 0.120 e. The second-order valence-electron chi connectivity index (χ2n) is 5.40. The number of hydrazine groups is 1. The van der Waals surface area contributed by atoms with Gasteiger partial charge in [-0.1, -0.05) is 29.8 Å². The van der Waals surface area contributed by atoms with Crippen LogP contribution in [0.15, 0.2) is 42.5 Å². The Morgan fingerprint density at radius 3 is 2.48 bits per heavy atom. The Labute approximate surface area is 131 Å². The molecule has 2 rings (SSSR count). The van der Waals surface area contributed by atoms with E-state index in [9.17, 15) is 0 Å². The van der Waals surface area contributed by atoms with Crippen LogP contribution in [0.1, 0.15) is 36.6 Å². The van der Waals surface area contributed by atoms with Crippen LogP contribution in [0, 0.1) is 6.92 Å². The molecule has 2 aromatic rings. The molecule has 0 amide bonds. The van der Waals surface area contributed by atoms with Crippen molar-refractivity contribution < 1.29 is 4.74 Å². The van der Waals surface area contributed by atoms with Gasteiger partial charge < -0.3 is 4.74 Å². The zero-order valence-corrected chi connectivity index (χ0v) is 13.3. The summed E-state index contributed by atoms with van der Waals surface area (Å²) < 4.78 is 5.74. The minimum Gasteiger partial charge on any atom is -0.491 e. The summed E-state index contributed by atoms with van der Waals surface area (Å²) in [5, 5.41) is 0.708. The van der Waals surface area contributed by atoms with Gasteiger partial charge in [0, 0.05) is 5.02 Å². The van der Waals surface area contributed by atoms with Crippen molar-refractivity contribution in [2.75, 3.05) is 0 Å². The van der Waals surface area contributed by atoms with Crippen molar-refractivity contribution >= 4 is 11.6 Å². The highest BCUT2D eigenvalue weighted by molar-refractivity contribution is 6.30. The summed E-state index contributed by atoms with van der Waals surface area (Å²) in [6.45, 7) is 6.03. The molecule has 0 saturated carbocycles. The number of benzene rings is 2. The SMILES string of the molecule is Cc1cc(Cl)cc(C(NN)c2cccc(OC(C)C)c2)c1. The zero-order valence-electron chi connectivity index (χ0n) is 12.6. The van der Waals surface area contributed by atoms with Gasteiger partial charge in [-0.05, 0) is 61.7 Å². The van der Waals surface area contributed by atoms with Crippen LogP contribution in [-0.2, 0) is 0 Å². The molecule has 0 spiro atoms. The van der Waals surface area contributed by atoms with Gasteiger partial charge in [0.2, 0.25) is 0 Å². The highest BCUT2D eigenvalue weighted by Crippen LogP contribution is 2.27. The third-order valence-corrected chi connectivity index (χ3v) is 3.35. The molecule has 2 aromatic carbocycles. The molecule has 0 aliphatic heterocycles. The molecule has 0 bridgehead atoms. The molecule has 112 valence electrons. The van der Waals surface area contributed by atoms with Crippen molar-refractivity contribution in [3.8, 4) is 5.75 Å². The Balaban J connectivity index is 2.36. The van der Waals surface area contributed by atoms with Gasteiger partial charge in [0.05, 0.1) is 12.1 Å². The second kappa shape index (κ2) is 6.94. The lowest BCUT2D eigenvalue weighted by atomic mass is 9.97. The van der Waals surface area contributed by atoms with Crippen molar-refractivity contribution in [3.63, 3.8) is 0 Å². The molecule has 0 aliphatic carbocycles. The van der Waals surface area contributed by atoms with Crippen LogP contribution in [-0.4, -0.2) is 6.10 Å². The predicted octanol–water partition coefficient (Wildman–Crippen LogP) is 3.99. The third kappa shape index (κ3) is 4.21. The summed E-state index contributed by atoms with van der Waals surface area (Å²) in [6.07, 6.45) is 0.137. The first-order valence-electron chi connectivity index (χ1n) is 6.99. The fraction of sp³-hybridized carbons (Fsp3) is 0.294. The first-order valence-corrected chi connectivity index (χ1v) is 7.37. The number of hydrogen-bond acceptors (Lipinski definition) is 3. The minimum atomic E-state index is -0.127. The van der Waals surface area contributed by atoms with Crippen LogP contribution in [0.4, 0.5) is 0 Å². The normalized spacial score (nSPS) is 12.5. The number of hydrogen-bond donors (Lipinski definition) is 2. The number of rotatable bonds is 5. The Hall–Kier alpha value is -1.55. The molecule has 1 atom stereocenters. The molecule has 3 nitrogen and oxygen atoms in total. The first-order chi connectivity index (χ1) is 9.99. The van der Waals surface area contributed by atoms with Crippen molar-refractivity contribution in [3.05, 3.63) is 64.2 Å². The van der Waals surface area contributed by atoms with Crippen molar-refractivity contribution in [1.82, 2.24) is 5.43 Å². The van der Waals surface area contributed by atoms with E-state index in [1.54, 1.807) is 0 Å². The summed E-state index contributed by atoms with van der Waals surface area (Å²) in [7, 11) is 0. The summed E-state index contributed by atoms with van der Waals surface area (Å²) in [5.41, 5.74) is 6.03. The van der Waals surface area contributed by atoms with Crippen LogP contribution in [0.3, 0.4) is 0 Å². The number of ether oxygens (including phenoxy) is 1. The van der Waals surface area contributed by atoms with Gasteiger partial charge in [-0.2, -0.15) is 0 Å². The molecule has 0 saturated heterocycles. The van der Waals surface area contributed by atoms with Gasteiger partial charge >= 0.3 is 0 Å². The number of nitrogens with two attached hydrogens (primary N) is 1. The fourth-order valence-electron chi connectivity index (χ4n) is 2.36. The first kappa shape index (κ1) is 15.8. The minimum absolute atomic E-state index is 0.127. The lowest BCUT2D eigenvalue weighted by Crippen LogP contribution is -2.29. The molecule has 0 aromatic heterocycles. The number of nitrogens with one attached hydrogen (secondary N) is 1. The largest absolute Gasteiger partial charge is 0.491 e. The van der Waals surface area contributed by atoms with E-state index in [1.165, 1.54) is 0 Å². The molecule has 0 fully saturated rings. The topological polar surface area (TPSA) is 47.3 Å². The molecule has 0 aliphatic rings. The Bertz CT molecular complexity index is 593. The van der Waals surface area contributed by atoms with Gasteiger partial charge in [0.25, 0.3) is 0 Å². The Morgan fingerprint density at radius 2 is 1.86 bits per heavy atom. The summed E-state index contributed by atoms with van der Waals surface area (Å²) in [4.78, 5) is 0. The van der Waals surface area contributed by atoms with E-state index < -0.39 is 0 Å². The monoisotopic (exact) mass is 304 g/mol. The zero-order chi connectivity index (χ0) is 15.4. The van der Waals surface area contributed by atoms with E-state index in [1.807, 2.05) is 57.2 Å². The highest BCUT2D eigenvalue weighted by Gasteiger charge is 2.14. The molecule has 0 radical (unpaired) electrons. The molecule has 0 heterocycles.